The van der Waals surface area contributed by atoms with Gasteiger partial charge in [-0.05, 0) is 38.7 Å². The van der Waals surface area contributed by atoms with Crippen molar-refractivity contribution in [2.24, 2.45) is 0 Å². The summed E-state index contributed by atoms with van der Waals surface area (Å²) in [7, 11) is -0.386. The quantitative estimate of drug-likeness (QED) is 0.669. The summed E-state index contributed by atoms with van der Waals surface area (Å²) in [6.45, 7) is 8.89. The van der Waals surface area contributed by atoms with Gasteiger partial charge in [-0.3, -0.25) is 0 Å². The van der Waals surface area contributed by atoms with Crippen molar-refractivity contribution >= 4 is 12.6 Å². The predicted octanol–water partition coefficient (Wildman–Crippen LogP) is 3.29. The van der Waals surface area contributed by atoms with E-state index >= 15 is 0 Å². The maximum atomic E-state index is 6.24. The lowest BCUT2D eigenvalue weighted by Gasteiger charge is -2.32. The first kappa shape index (κ1) is 18.0. The van der Waals surface area contributed by atoms with E-state index < -0.39 is 0 Å². The van der Waals surface area contributed by atoms with E-state index in [0.29, 0.717) is 6.54 Å². The first-order valence-electron chi connectivity index (χ1n) is 9.25. The molecule has 2 heterocycles. The smallest absolute Gasteiger partial charge is 0.399 e. The zero-order chi connectivity index (χ0) is 19.1. The van der Waals surface area contributed by atoms with Crippen LogP contribution in [-0.2, 0) is 15.9 Å². The summed E-state index contributed by atoms with van der Waals surface area (Å²) in [4.78, 5) is 0. The van der Waals surface area contributed by atoms with Gasteiger partial charge in [0.25, 0.3) is 0 Å². The van der Waals surface area contributed by atoms with Crippen LogP contribution in [0, 0.1) is 0 Å². The van der Waals surface area contributed by atoms with Gasteiger partial charge in [0.15, 0.2) is 0 Å². The van der Waals surface area contributed by atoms with Crippen molar-refractivity contribution < 1.29 is 9.31 Å². The van der Waals surface area contributed by atoms with Crippen molar-refractivity contribution in [1.29, 1.82) is 0 Å². The molecule has 4 rings (SSSR count). The molecule has 1 aromatic heterocycles. The SMILES string of the molecule is CC1(C)OB(c2ccccc2Cn2cc(-c3ccccc3)nn2)OC1(C)C. The van der Waals surface area contributed by atoms with Crippen molar-refractivity contribution in [2.45, 2.75) is 45.4 Å². The second kappa shape index (κ2) is 6.62. The average molecular weight is 361 g/mol. The third-order valence-electron chi connectivity index (χ3n) is 5.50. The highest BCUT2D eigenvalue weighted by Crippen LogP contribution is 2.36. The molecule has 0 bridgehead atoms. The van der Waals surface area contributed by atoms with Gasteiger partial charge >= 0.3 is 7.12 Å². The average Bonchev–Trinajstić information content (AvgIpc) is 3.18. The van der Waals surface area contributed by atoms with Gasteiger partial charge in [0.05, 0.1) is 23.9 Å². The van der Waals surface area contributed by atoms with E-state index in [4.69, 9.17) is 9.31 Å². The van der Waals surface area contributed by atoms with Crippen LogP contribution in [0.1, 0.15) is 33.3 Å². The molecule has 0 radical (unpaired) electrons. The Morgan fingerprint density at radius 1 is 0.889 bits per heavy atom. The molecule has 0 aliphatic carbocycles. The Morgan fingerprint density at radius 2 is 1.52 bits per heavy atom. The molecule has 1 aliphatic heterocycles. The fourth-order valence-corrected chi connectivity index (χ4v) is 3.17. The number of aromatic nitrogens is 3. The van der Waals surface area contributed by atoms with Crippen LogP contribution in [0.5, 0.6) is 0 Å². The molecule has 27 heavy (non-hydrogen) atoms. The molecule has 5 nitrogen and oxygen atoms in total. The van der Waals surface area contributed by atoms with Crippen LogP contribution in [-0.4, -0.2) is 33.3 Å². The van der Waals surface area contributed by atoms with E-state index in [1.54, 1.807) is 0 Å². The van der Waals surface area contributed by atoms with Crippen LogP contribution >= 0.6 is 0 Å². The van der Waals surface area contributed by atoms with E-state index in [1.807, 2.05) is 53.3 Å². The number of benzene rings is 2. The molecule has 3 aromatic rings. The molecule has 0 unspecified atom stereocenters. The first-order valence-corrected chi connectivity index (χ1v) is 9.25. The Balaban J connectivity index is 1.59. The Bertz CT molecular complexity index is 921. The molecular weight excluding hydrogens is 337 g/mol. The molecule has 0 atom stereocenters. The maximum Gasteiger partial charge on any atom is 0.495 e. The highest BCUT2D eigenvalue weighted by atomic mass is 16.7. The number of hydrogen-bond acceptors (Lipinski definition) is 4. The van der Waals surface area contributed by atoms with Crippen LogP contribution < -0.4 is 5.46 Å². The van der Waals surface area contributed by atoms with Gasteiger partial charge in [0.1, 0.15) is 5.69 Å². The van der Waals surface area contributed by atoms with Gasteiger partial charge < -0.3 is 9.31 Å². The fourth-order valence-electron chi connectivity index (χ4n) is 3.17. The topological polar surface area (TPSA) is 49.2 Å². The monoisotopic (exact) mass is 361 g/mol. The molecule has 0 amide bonds. The third kappa shape index (κ3) is 3.43. The van der Waals surface area contributed by atoms with Gasteiger partial charge in [0.2, 0.25) is 0 Å². The second-order valence-corrected chi connectivity index (χ2v) is 7.95. The third-order valence-corrected chi connectivity index (χ3v) is 5.50. The molecule has 1 fully saturated rings. The van der Waals surface area contributed by atoms with Crippen LogP contribution in [0.3, 0.4) is 0 Å². The summed E-state index contributed by atoms with van der Waals surface area (Å²) in [6, 6.07) is 18.3. The van der Waals surface area contributed by atoms with Crippen LogP contribution in [0.2, 0.25) is 0 Å². The van der Waals surface area contributed by atoms with E-state index in [2.05, 4.69) is 50.1 Å². The van der Waals surface area contributed by atoms with Gasteiger partial charge in [-0.1, -0.05) is 59.8 Å². The lowest BCUT2D eigenvalue weighted by atomic mass is 9.76. The van der Waals surface area contributed by atoms with Gasteiger partial charge in [-0.15, -0.1) is 5.10 Å². The molecule has 0 N–H and O–H groups in total. The Morgan fingerprint density at radius 3 is 2.22 bits per heavy atom. The summed E-state index contributed by atoms with van der Waals surface area (Å²) in [5.41, 5.74) is 3.34. The van der Waals surface area contributed by atoms with Crippen LogP contribution in [0.25, 0.3) is 11.3 Å². The zero-order valence-electron chi connectivity index (χ0n) is 16.2. The standard InChI is InChI=1S/C21H24BN3O2/c1-20(2)21(3,4)27-22(26-20)18-13-9-8-12-17(18)14-25-15-19(23-24-25)16-10-6-5-7-11-16/h5-13,15H,14H2,1-4H3. The summed E-state index contributed by atoms with van der Waals surface area (Å²) >= 11 is 0. The maximum absolute atomic E-state index is 6.24. The zero-order valence-corrected chi connectivity index (χ0v) is 16.2. The predicted molar refractivity (Wildman–Crippen MR) is 107 cm³/mol. The molecule has 0 saturated carbocycles. The van der Waals surface area contributed by atoms with E-state index in [-0.39, 0.29) is 18.3 Å². The van der Waals surface area contributed by atoms with Crippen molar-refractivity contribution in [3.63, 3.8) is 0 Å². The van der Waals surface area contributed by atoms with E-state index in [0.717, 1.165) is 22.3 Å². The lowest BCUT2D eigenvalue weighted by molar-refractivity contribution is 0.00578. The highest BCUT2D eigenvalue weighted by molar-refractivity contribution is 6.62. The summed E-state index contributed by atoms with van der Waals surface area (Å²) in [5.74, 6) is 0. The largest absolute Gasteiger partial charge is 0.495 e. The number of hydrogen-bond donors (Lipinski definition) is 0. The molecule has 138 valence electrons. The summed E-state index contributed by atoms with van der Waals surface area (Å²) in [6.07, 6.45) is 1.97. The van der Waals surface area contributed by atoms with Crippen molar-refractivity contribution in [1.82, 2.24) is 15.0 Å². The Kier molecular flexibility index (Phi) is 4.40. The Labute approximate surface area is 160 Å². The minimum Gasteiger partial charge on any atom is -0.399 e. The van der Waals surface area contributed by atoms with Crippen molar-refractivity contribution in [3.05, 3.63) is 66.4 Å². The molecule has 0 spiro atoms. The van der Waals surface area contributed by atoms with E-state index in [1.165, 1.54) is 0 Å². The fraction of sp³-hybridized carbons (Fsp3) is 0.333. The van der Waals surface area contributed by atoms with Gasteiger partial charge in [-0.25, -0.2) is 4.68 Å². The minimum atomic E-state index is -0.386. The van der Waals surface area contributed by atoms with Crippen LogP contribution in [0.4, 0.5) is 0 Å². The molecule has 1 saturated heterocycles. The van der Waals surface area contributed by atoms with Crippen molar-refractivity contribution in [3.8, 4) is 11.3 Å². The number of rotatable bonds is 4. The molecule has 6 heteroatoms. The molecule has 1 aliphatic rings. The summed E-state index contributed by atoms with van der Waals surface area (Å²) < 4.78 is 14.3. The minimum absolute atomic E-state index is 0.363. The Hall–Kier alpha value is -2.44. The van der Waals surface area contributed by atoms with E-state index in [9.17, 15) is 0 Å². The molecule has 2 aromatic carbocycles. The highest BCUT2D eigenvalue weighted by Gasteiger charge is 2.52. The van der Waals surface area contributed by atoms with Gasteiger partial charge in [0, 0.05) is 5.56 Å². The number of nitrogens with zero attached hydrogens (tertiary/aromatic N) is 3. The normalized spacial score (nSPS) is 18.0. The van der Waals surface area contributed by atoms with Crippen LogP contribution in [0.15, 0.2) is 60.8 Å². The first-order chi connectivity index (χ1) is 12.9. The summed E-state index contributed by atoms with van der Waals surface area (Å²) in [5, 5.41) is 8.60. The molecular formula is C21H24BN3O2. The van der Waals surface area contributed by atoms with Gasteiger partial charge in [-0.2, -0.15) is 0 Å². The van der Waals surface area contributed by atoms with Crippen molar-refractivity contribution in [2.75, 3.05) is 0 Å². The lowest BCUT2D eigenvalue weighted by Crippen LogP contribution is -2.41. The second-order valence-electron chi connectivity index (χ2n) is 7.95.